The number of hydrogen-bond acceptors (Lipinski definition) is 7. The lowest BCUT2D eigenvalue weighted by atomic mass is 10.0. The van der Waals surface area contributed by atoms with Crippen molar-refractivity contribution in [3.8, 4) is 0 Å². The van der Waals surface area contributed by atoms with Crippen LogP contribution in [0.2, 0.25) is 0 Å². The van der Waals surface area contributed by atoms with Crippen molar-refractivity contribution >= 4 is 11.7 Å². The van der Waals surface area contributed by atoms with E-state index in [4.69, 9.17) is 4.74 Å². The van der Waals surface area contributed by atoms with E-state index < -0.39 is 36.8 Å². The van der Waals surface area contributed by atoms with E-state index in [-0.39, 0.29) is 11.7 Å². The van der Waals surface area contributed by atoms with Crippen LogP contribution >= 0.6 is 0 Å². The predicted molar refractivity (Wildman–Crippen MR) is 154 cm³/mol. The Hall–Kier alpha value is -1.81. The molecule has 1 fully saturated rings. The number of aromatic nitrogens is 2. The van der Waals surface area contributed by atoms with E-state index in [1.165, 1.54) is 109 Å². The maximum absolute atomic E-state index is 12.4. The lowest BCUT2D eigenvalue weighted by molar-refractivity contribution is -0.116. The molecule has 0 aliphatic carbocycles. The monoisotopic (exact) mass is 551 g/mol. The maximum atomic E-state index is 12.4. The number of anilines is 1. The molecule has 0 aromatic carbocycles. The number of unbranched alkanes of at least 4 members (excludes halogenated alkanes) is 17. The fourth-order valence-corrected chi connectivity index (χ4v) is 5.18. The van der Waals surface area contributed by atoms with Crippen LogP contribution < -0.4 is 11.0 Å². The molecule has 1 amide bonds. The van der Waals surface area contributed by atoms with Gasteiger partial charge in [0.1, 0.15) is 24.1 Å². The fourth-order valence-electron chi connectivity index (χ4n) is 5.18. The van der Waals surface area contributed by atoms with Gasteiger partial charge in [-0.1, -0.05) is 116 Å². The Bertz CT molecular complexity index is 848. The third-order valence-electron chi connectivity index (χ3n) is 7.65. The SMILES string of the molecule is CCCCCCCCCCCCCCCCCCCCC(=O)Nc1ccn([C@@H]2O[C@H](CO)[C@@H](O)[C@@H]2O)c(=O)n1. The second-order valence-corrected chi connectivity index (χ2v) is 11.0. The topological polar surface area (TPSA) is 134 Å². The number of nitrogens with zero attached hydrogens (tertiary/aromatic N) is 2. The van der Waals surface area contributed by atoms with Crippen molar-refractivity contribution in [2.24, 2.45) is 0 Å². The quantitative estimate of drug-likeness (QED) is 0.145. The molecule has 1 aliphatic rings. The first-order valence-corrected chi connectivity index (χ1v) is 15.5. The second-order valence-electron chi connectivity index (χ2n) is 11.0. The van der Waals surface area contributed by atoms with E-state index in [0.29, 0.717) is 6.42 Å². The van der Waals surface area contributed by atoms with Gasteiger partial charge in [0.15, 0.2) is 6.23 Å². The van der Waals surface area contributed by atoms with Crippen LogP contribution in [0, 0.1) is 0 Å². The molecule has 1 aliphatic heterocycles. The molecule has 2 heterocycles. The van der Waals surface area contributed by atoms with Crippen molar-refractivity contribution in [2.45, 2.75) is 153 Å². The highest BCUT2D eigenvalue weighted by Crippen LogP contribution is 2.28. The molecule has 1 aromatic heterocycles. The van der Waals surface area contributed by atoms with Crippen molar-refractivity contribution in [3.63, 3.8) is 0 Å². The number of ether oxygens (including phenoxy) is 1. The van der Waals surface area contributed by atoms with E-state index in [9.17, 15) is 24.9 Å². The molecule has 1 saturated heterocycles. The molecule has 0 bridgehead atoms. The zero-order valence-electron chi connectivity index (χ0n) is 24.1. The predicted octanol–water partition coefficient (Wildman–Crippen LogP) is 5.23. The second kappa shape index (κ2) is 20.1. The maximum Gasteiger partial charge on any atom is 0.351 e. The molecule has 224 valence electrons. The summed E-state index contributed by atoms with van der Waals surface area (Å²) >= 11 is 0. The molecular weight excluding hydrogens is 498 g/mol. The molecule has 0 spiro atoms. The third kappa shape index (κ3) is 12.9. The van der Waals surface area contributed by atoms with Gasteiger partial charge in [0.05, 0.1) is 6.61 Å². The molecule has 4 N–H and O–H groups in total. The Morgan fingerprint density at radius 2 is 1.33 bits per heavy atom. The Labute approximate surface area is 234 Å². The third-order valence-corrected chi connectivity index (χ3v) is 7.65. The van der Waals surface area contributed by atoms with Gasteiger partial charge >= 0.3 is 5.69 Å². The Balaban J connectivity index is 1.45. The van der Waals surface area contributed by atoms with Gasteiger partial charge in [0.25, 0.3) is 0 Å². The first kappa shape index (κ1) is 33.4. The van der Waals surface area contributed by atoms with Gasteiger partial charge in [-0.25, -0.2) is 4.79 Å². The van der Waals surface area contributed by atoms with Crippen LogP contribution in [0.1, 0.15) is 135 Å². The number of nitrogens with one attached hydrogen (secondary N) is 1. The van der Waals surface area contributed by atoms with Gasteiger partial charge in [-0.2, -0.15) is 4.98 Å². The van der Waals surface area contributed by atoms with Gasteiger partial charge in [-0.3, -0.25) is 9.36 Å². The Morgan fingerprint density at radius 3 is 1.77 bits per heavy atom. The molecule has 1 aromatic rings. The van der Waals surface area contributed by atoms with Crippen molar-refractivity contribution < 1.29 is 24.9 Å². The van der Waals surface area contributed by atoms with E-state index in [2.05, 4.69) is 17.2 Å². The summed E-state index contributed by atoms with van der Waals surface area (Å²) in [4.78, 5) is 28.4. The number of aliphatic hydroxyl groups is 3. The Kier molecular flexibility index (Phi) is 17.2. The zero-order valence-corrected chi connectivity index (χ0v) is 24.1. The summed E-state index contributed by atoms with van der Waals surface area (Å²) in [5, 5.41) is 31.8. The Morgan fingerprint density at radius 1 is 0.846 bits per heavy atom. The van der Waals surface area contributed by atoms with Crippen molar-refractivity contribution in [1.29, 1.82) is 0 Å². The number of hydrogen-bond donors (Lipinski definition) is 4. The minimum Gasteiger partial charge on any atom is -0.394 e. The molecule has 39 heavy (non-hydrogen) atoms. The van der Waals surface area contributed by atoms with Crippen LogP contribution in [0.5, 0.6) is 0 Å². The van der Waals surface area contributed by atoms with Gasteiger partial charge < -0.3 is 25.4 Å². The van der Waals surface area contributed by atoms with Gasteiger partial charge in [0, 0.05) is 12.6 Å². The molecule has 9 heteroatoms. The lowest BCUT2D eigenvalue weighted by Gasteiger charge is -2.17. The normalized spacial score (nSPS) is 20.9. The minimum atomic E-state index is -1.37. The van der Waals surface area contributed by atoms with Crippen molar-refractivity contribution in [3.05, 3.63) is 22.7 Å². The molecule has 0 saturated carbocycles. The van der Waals surface area contributed by atoms with E-state index in [1.54, 1.807) is 0 Å². The first-order valence-electron chi connectivity index (χ1n) is 15.5. The molecule has 0 radical (unpaired) electrons. The van der Waals surface area contributed by atoms with E-state index >= 15 is 0 Å². The van der Waals surface area contributed by atoms with Gasteiger partial charge in [-0.05, 0) is 12.5 Å². The summed E-state index contributed by atoms with van der Waals surface area (Å²) in [6.07, 6.45) is 20.3. The van der Waals surface area contributed by atoms with Gasteiger partial charge in [0.2, 0.25) is 5.91 Å². The highest BCUT2D eigenvalue weighted by Gasteiger charge is 2.43. The summed E-state index contributed by atoms with van der Waals surface area (Å²) in [6.45, 7) is 1.79. The molecule has 4 atom stereocenters. The number of carbonyl (C=O) groups is 1. The minimum absolute atomic E-state index is 0.135. The van der Waals surface area contributed by atoms with Gasteiger partial charge in [-0.15, -0.1) is 0 Å². The van der Waals surface area contributed by atoms with Crippen LogP contribution in [0.15, 0.2) is 17.1 Å². The highest BCUT2D eigenvalue weighted by atomic mass is 16.6. The van der Waals surface area contributed by atoms with Crippen molar-refractivity contribution in [2.75, 3.05) is 11.9 Å². The highest BCUT2D eigenvalue weighted by molar-refractivity contribution is 5.89. The van der Waals surface area contributed by atoms with Crippen molar-refractivity contribution in [1.82, 2.24) is 9.55 Å². The molecular formula is C30H53N3O6. The summed E-state index contributed by atoms with van der Waals surface area (Å²) in [6, 6.07) is 1.45. The standard InChI is InChI=1S/C30H53N3O6/c1-2-3-4-5-6-7-8-9-10-11-12-13-14-15-16-17-18-19-20-26(35)31-25-21-22-33(30(38)32-25)29-28(37)27(36)24(23-34)39-29/h21-22,24,27-29,34,36-37H,2-20,23H2,1H3,(H,31,32,35,38)/t24-,27-,28+,29-/m1/s1. The zero-order chi connectivity index (χ0) is 28.3. The average Bonchev–Trinajstić information content (AvgIpc) is 3.21. The largest absolute Gasteiger partial charge is 0.394 e. The van der Waals surface area contributed by atoms with Crippen LogP contribution in [-0.2, 0) is 9.53 Å². The van der Waals surface area contributed by atoms with Crippen LogP contribution in [0.3, 0.4) is 0 Å². The summed E-state index contributed by atoms with van der Waals surface area (Å²) in [7, 11) is 0. The van der Waals surface area contributed by atoms with Crippen LogP contribution in [0.4, 0.5) is 5.82 Å². The number of rotatable bonds is 22. The lowest BCUT2D eigenvalue weighted by Crippen LogP contribution is -2.36. The van der Waals surface area contributed by atoms with Crippen LogP contribution in [0.25, 0.3) is 0 Å². The summed E-state index contributed by atoms with van der Waals surface area (Å²) in [5.74, 6) is -0.0561. The number of aliphatic hydroxyl groups excluding tert-OH is 3. The van der Waals surface area contributed by atoms with E-state index in [0.717, 1.165) is 23.8 Å². The molecule has 0 unspecified atom stereocenters. The fraction of sp³-hybridized carbons (Fsp3) is 0.833. The molecule has 2 rings (SSSR count). The average molecular weight is 552 g/mol. The summed E-state index contributed by atoms with van der Waals surface area (Å²) < 4.78 is 6.39. The summed E-state index contributed by atoms with van der Waals surface area (Å²) in [5.41, 5.74) is -0.726. The smallest absolute Gasteiger partial charge is 0.351 e. The van der Waals surface area contributed by atoms with Crippen LogP contribution in [-0.4, -0.2) is 55.7 Å². The number of carbonyl (C=O) groups excluding carboxylic acids is 1. The number of amides is 1. The van der Waals surface area contributed by atoms with E-state index in [1.807, 2.05) is 0 Å². The molecule has 9 nitrogen and oxygen atoms in total. The first-order chi connectivity index (χ1) is 19.0.